The Bertz CT molecular complexity index is 477. The summed E-state index contributed by atoms with van der Waals surface area (Å²) in [7, 11) is 0. The van der Waals surface area contributed by atoms with Gasteiger partial charge < -0.3 is 20.9 Å². The second-order valence-electron chi connectivity index (χ2n) is 4.80. The van der Waals surface area contributed by atoms with Gasteiger partial charge in [-0.15, -0.1) is 0 Å². The first-order valence-electron chi connectivity index (χ1n) is 6.49. The lowest BCUT2D eigenvalue weighted by atomic mass is 9.96. The number of hydrogen-bond acceptors (Lipinski definition) is 4. The zero-order chi connectivity index (χ0) is 14.5. The van der Waals surface area contributed by atoms with E-state index in [0.29, 0.717) is 0 Å². The lowest BCUT2D eigenvalue weighted by Crippen LogP contribution is -2.45. The minimum Gasteiger partial charge on any atom is -0.481 e. The van der Waals surface area contributed by atoms with Crippen LogP contribution < -0.4 is 11.1 Å². The highest BCUT2D eigenvalue weighted by atomic mass is 16.5. The van der Waals surface area contributed by atoms with Crippen molar-refractivity contribution in [2.24, 2.45) is 11.7 Å². The first-order valence-corrected chi connectivity index (χ1v) is 6.49. The van der Waals surface area contributed by atoms with Gasteiger partial charge in [-0.1, -0.05) is 30.3 Å². The third kappa shape index (κ3) is 3.15. The van der Waals surface area contributed by atoms with Crippen LogP contribution in [0.3, 0.4) is 0 Å². The molecular formula is C14H18N2O4. The average molecular weight is 278 g/mol. The molecule has 3 unspecified atom stereocenters. The molecule has 1 saturated heterocycles. The Morgan fingerprint density at radius 2 is 2.05 bits per heavy atom. The van der Waals surface area contributed by atoms with E-state index < -0.39 is 23.8 Å². The zero-order valence-corrected chi connectivity index (χ0v) is 11.0. The minimum atomic E-state index is -0.961. The molecule has 2 rings (SSSR count). The summed E-state index contributed by atoms with van der Waals surface area (Å²) in [6.45, 7) is 0.509. The summed E-state index contributed by atoms with van der Waals surface area (Å²) in [4.78, 5) is 23.3. The predicted octanol–water partition coefficient (Wildman–Crippen LogP) is -0.0553. The molecule has 6 heteroatoms. The minimum absolute atomic E-state index is 0.124. The van der Waals surface area contributed by atoms with Crippen molar-refractivity contribution in [1.29, 1.82) is 0 Å². The number of rotatable bonds is 5. The van der Waals surface area contributed by atoms with E-state index in [1.807, 2.05) is 30.3 Å². The van der Waals surface area contributed by atoms with Gasteiger partial charge >= 0.3 is 5.97 Å². The van der Waals surface area contributed by atoms with E-state index in [-0.39, 0.29) is 25.7 Å². The first-order chi connectivity index (χ1) is 9.63. The highest BCUT2D eigenvalue weighted by Gasteiger charge is 2.36. The van der Waals surface area contributed by atoms with Crippen molar-refractivity contribution in [2.45, 2.75) is 12.0 Å². The highest BCUT2D eigenvalue weighted by molar-refractivity contribution is 5.85. The molecule has 0 spiro atoms. The fourth-order valence-corrected chi connectivity index (χ4v) is 2.30. The van der Waals surface area contributed by atoms with Crippen LogP contribution in [0, 0.1) is 5.92 Å². The third-order valence-corrected chi connectivity index (χ3v) is 3.48. The fraction of sp³-hybridized carbons (Fsp3) is 0.429. The van der Waals surface area contributed by atoms with Crippen molar-refractivity contribution in [1.82, 2.24) is 5.32 Å². The van der Waals surface area contributed by atoms with Gasteiger partial charge in [0.05, 0.1) is 25.2 Å². The predicted molar refractivity (Wildman–Crippen MR) is 72.1 cm³/mol. The SMILES string of the molecule is NCC(C(=O)NC1COCC1C(=O)O)c1ccccc1. The van der Waals surface area contributed by atoms with E-state index in [2.05, 4.69) is 5.32 Å². The molecule has 0 aromatic heterocycles. The summed E-state index contributed by atoms with van der Waals surface area (Å²) in [6, 6.07) is 8.69. The van der Waals surface area contributed by atoms with Gasteiger partial charge in [-0.3, -0.25) is 9.59 Å². The second kappa shape index (κ2) is 6.49. The molecule has 1 aliphatic heterocycles. The Morgan fingerprint density at radius 3 is 2.65 bits per heavy atom. The normalized spacial score (nSPS) is 23.2. The summed E-state index contributed by atoms with van der Waals surface area (Å²) < 4.78 is 5.12. The van der Waals surface area contributed by atoms with Crippen LogP contribution in [0.4, 0.5) is 0 Å². The Balaban J connectivity index is 2.05. The molecule has 6 nitrogen and oxygen atoms in total. The first kappa shape index (κ1) is 14.5. The molecule has 1 aliphatic rings. The smallest absolute Gasteiger partial charge is 0.311 e. The van der Waals surface area contributed by atoms with Gasteiger partial charge in [-0.05, 0) is 5.56 Å². The van der Waals surface area contributed by atoms with Gasteiger partial charge in [-0.25, -0.2) is 0 Å². The number of nitrogens with two attached hydrogens (primary N) is 1. The number of amides is 1. The van der Waals surface area contributed by atoms with E-state index in [4.69, 9.17) is 15.6 Å². The van der Waals surface area contributed by atoms with E-state index >= 15 is 0 Å². The Hall–Kier alpha value is -1.92. The van der Waals surface area contributed by atoms with Gasteiger partial charge in [-0.2, -0.15) is 0 Å². The van der Waals surface area contributed by atoms with Crippen LogP contribution >= 0.6 is 0 Å². The summed E-state index contributed by atoms with van der Waals surface area (Å²) in [6.07, 6.45) is 0. The van der Waals surface area contributed by atoms with E-state index in [1.165, 1.54) is 0 Å². The molecule has 0 radical (unpaired) electrons. The molecule has 0 bridgehead atoms. The topological polar surface area (TPSA) is 102 Å². The van der Waals surface area contributed by atoms with Gasteiger partial charge in [0, 0.05) is 6.54 Å². The Labute approximate surface area is 116 Å². The van der Waals surface area contributed by atoms with Crippen LogP contribution in [0.2, 0.25) is 0 Å². The highest BCUT2D eigenvalue weighted by Crippen LogP contribution is 2.18. The third-order valence-electron chi connectivity index (χ3n) is 3.48. The number of hydrogen-bond donors (Lipinski definition) is 3. The summed E-state index contributed by atoms with van der Waals surface area (Å²) in [5.74, 6) is -2.41. The summed E-state index contributed by atoms with van der Waals surface area (Å²) >= 11 is 0. The number of carbonyl (C=O) groups is 2. The molecule has 1 amide bonds. The number of carboxylic acid groups (broad SMARTS) is 1. The largest absolute Gasteiger partial charge is 0.481 e. The molecule has 3 atom stereocenters. The molecule has 20 heavy (non-hydrogen) atoms. The molecule has 0 saturated carbocycles. The van der Waals surface area contributed by atoms with E-state index in [1.54, 1.807) is 0 Å². The van der Waals surface area contributed by atoms with Crippen LogP contribution in [0.15, 0.2) is 30.3 Å². The zero-order valence-electron chi connectivity index (χ0n) is 11.0. The molecular weight excluding hydrogens is 260 g/mol. The molecule has 108 valence electrons. The lowest BCUT2D eigenvalue weighted by Gasteiger charge is -2.20. The molecule has 1 aromatic rings. The van der Waals surface area contributed by atoms with Crippen LogP contribution in [0.25, 0.3) is 0 Å². The van der Waals surface area contributed by atoms with Crippen LogP contribution in [0.5, 0.6) is 0 Å². The van der Waals surface area contributed by atoms with Crippen molar-refractivity contribution in [2.75, 3.05) is 19.8 Å². The van der Waals surface area contributed by atoms with Gasteiger partial charge in [0.2, 0.25) is 5.91 Å². The maximum absolute atomic E-state index is 12.3. The number of ether oxygens (including phenoxy) is 1. The number of aliphatic carboxylic acids is 1. The molecule has 4 N–H and O–H groups in total. The monoisotopic (exact) mass is 278 g/mol. The number of nitrogens with one attached hydrogen (secondary N) is 1. The fourth-order valence-electron chi connectivity index (χ4n) is 2.30. The van der Waals surface area contributed by atoms with Crippen molar-refractivity contribution >= 4 is 11.9 Å². The second-order valence-corrected chi connectivity index (χ2v) is 4.80. The van der Waals surface area contributed by atoms with Crippen LogP contribution in [0.1, 0.15) is 11.5 Å². The van der Waals surface area contributed by atoms with Crippen molar-refractivity contribution in [3.05, 3.63) is 35.9 Å². The number of carbonyl (C=O) groups excluding carboxylic acids is 1. The lowest BCUT2D eigenvalue weighted by molar-refractivity contribution is -0.142. The summed E-state index contributed by atoms with van der Waals surface area (Å²) in [5.41, 5.74) is 6.48. The maximum atomic E-state index is 12.3. The van der Waals surface area contributed by atoms with Crippen molar-refractivity contribution in [3.63, 3.8) is 0 Å². The van der Waals surface area contributed by atoms with E-state index in [9.17, 15) is 9.59 Å². The molecule has 0 aliphatic carbocycles. The van der Waals surface area contributed by atoms with Gasteiger partial charge in [0.1, 0.15) is 5.92 Å². The Morgan fingerprint density at radius 1 is 1.35 bits per heavy atom. The number of carboxylic acids is 1. The van der Waals surface area contributed by atoms with Gasteiger partial charge in [0.15, 0.2) is 0 Å². The quantitative estimate of drug-likeness (QED) is 0.700. The molecule has 1 fully saturated rings. The average Bonchev–Trinajstić information content (AvgIpc) is 2.89. The van der Waals surface area contributed by atoms with E-state index in [0.717, 1.165) is 5.56 Å². The number of benzene rings is 1. The molecule has 1 aromatic carbocycles. The van der Waals surface area contributed by atoms with Gasteiger partial charge in [0.25, 0.3) is 0 Å². The maximum Gasteiger partial charge on any atom is 0.311 e. The van der Waals surface area contributed by atoms with Crippen molar-refractivity contribution in [3.8, 4) is 0 Å². The summed E-state index contributed by atoms with van der Waals surface area (Å²) in [5, 5.41) is 11.8. The molecule has 1 heterocycles. The standard InChI is InChI=1S/C14H18N2O4/c15-6-10(9-4-2-1-3-5-9)13(17)16-12-8-20-7-11(12)14(18)19/h1-5,10-12H,6-8,15H2,(H,16,17)(H,18,19). The van der Waals surface area contributed by atoms with Crippen LogP contribution in [-0.2, 0) is 14.3 Å². The van der Waals surface area contributed by atoms with Crippen LogP contribution in [-0.4, -0.2) is 42.8 Å². The van der Waals surface area contributed by atoms with Crippen molar-refractivity contribution < 1.29 is 19.4 Å². The Kier molecular flexibility index (Phi) is 4.70.